The highest BCUT2D eigenvalue weighted by Gasteiger charge is 2.23. The number of pyridine rings is 1. The maximum absolute atomic E-state index is 11.2. The van der Waals surface area contributed by atoms with Gasteiger partial charge >= 0.3 is 5.97 Å². The highest BCUT2D eigenvalue weighted by molar-refractivity contribution is 5.93. The van der Waals surface area contributed by atoms with Crippen molar-refractivity contribution in [3.63, 3.8) is 0 Å². The lowest BCUT2D eigenvalue weighted by atomic mass is 10.1. The summed E-state index contributed by atoms with van der Waals surface area (Å²) in [6, 6.07) is 3.70. The maximum atomic E-state index is 11.2. The first-order valence-electron chi connectivity index (χ1n) is 6.39. The molecule has 5 heteroatoms. The molecule has 1 saturated heterocycles. The van der Waals surface area contributed by atoms with Gasteiger partial charge in [0, 0.05) is 31.9 Å². The van der Waals surface area contributed by atoms with E-state index in [0.29, 0.717) is 11.9 Å². The second-order valence-corrected chi connectivity index (χ2v) is 4.57. The van der Waals surface area contributed by atoms with Crippen molar-refractivity contribution < 1.29 is 9.90 Å². The second-order valence-electron chi connectivity index (χ2n) is 4.57. The molecule has 2 heterocycles. The number of nitrogens with zero attached hydrogens (tertiary/aromatic N) is 2. The number of carboxylic acids is 1. The molecular weight excluding hydrogens is 230 g/mol. The van der Waals surface area contributed by atoms with Crippen LogP contribution in [0.2, 0.25) is 0 Å². The van der Waals surface area contributed by atoms with E-state index < -0.39 is 5.97 Å². The number of piperazine rings is 1. The van der Waals surface area contributed by atoms with Gasteiger partial charge in [0.25, 0.3) is 0 Å². The van der Waals surface area contributed by atoms with Crippen molar-refractivity contribution in [1.29, 1.82) is 0 Å². The third-order valence-corrected chi connectivity index (χ3v) is 3.21. The summed E-state index contributed by atoms with van der Waals surface area (Å²) in [6.07, 6.45) is 3.88. The van der Waals surface area contributed by atoms with Crippen LogP contribution in [-0.4, -0.2) is 41.7 Å². The van der Waals surface area contributed by atoms with Crippen LogP contribution in [0.5, 0.6) is 0 Å². The van der Waals surface area contributed by atoms with Crippen LogP contribution in [0, 0.1) is 0 Å². The Kier molecular flexibility index (Phi) is 4.15. The summed E-state index contributed by atoms with van der Waals surface area (Å²) in [6.45, 7) is 4.66. The highest BCUT2D eigenvalue weighted by Crippen LogP contribution is 2.19. The minimum atomic E-state index is -0.913. The van der Waals surface area contributed by atoms with Gasteiger partial charge in [-0.25, -0.2) is 9.78 Å². The van der Waals surface area contributed by atoms with Gasteiger partial charge < -0.3 is 15.3 Å². The first kappa shape index (κ1) is 12.8. The molecule has 0 amide bonds. The lowest BCUT2D eigenvalue weighted by Gasteiger charge is -2.35. The molecule has 2 N–H and O–H groups in total. The smallest absolute Gasteiger partial charge is 0.339 e. The van der Waals surface area contributed by atoms with Gasteiger partial charge in [-0.1, -0.05) is 13.3 Å². The summed E-state index contributed by atoms with van der Waals surface area (Å²) in [5, 5.41) is 12.6. The average Bonchev–Trinajstić information content (AvgIpc) is 2.39. The third kappa shape index (κ3) is 2.79. The molecule has 0 saturated carbocycles. The largest absolute Gasteiger partial charge is 0.478 e. The Morgan fingerprint density at radius 1 is 1.67 bits per heavy atom. The zero-order valence-electron chi connectivity index (χ0n) is 10.6. The predicted octanol–water partition coefficient (Wildman–Crippen LogP) is 1.36. The third-order valence-electron chi connectivity index (χ3n) is 3.21. The molecule has 1 aromatic heterocycles. The van der Waals surface area contributed by atoms with Gasteiger partial charge in [0.15, 0.2) is 0 Å². The average molecular weight is 249 g/mol. The van der Waals surface area contributed by atoms with Crippen molar-refractivity contribution in [1.82, 2.24) is 10.3 Å². The molecule has 1 unspecified atom stereocenters. The Labute approximate surface area is 107 Å². The predicted molar refractivity (Wildman–Crippen MR) is 70.1 cm³/mol. The number of hydrogen-bond acceptors (Lipinski definition) is 4. The van der Waals surface area contributed by atoms with E-state index in [2.05, 4.69) is 22.1 Å². The molecule has 98 valence electrons. The van der Waals surface area contributed by atoms with E-state index in [1.807, 2.05) is 0 Å². The molecule has 1 fully saturated rings. The summed E-state index contributed by atoms with van der Waals surface area (Å²) in [7, 11) is 0. The first-order chi connectivity index (χ1) is 8.72. The van der Waals surface area contributed by atoms with Crippen LogP contribution in [0.15, 0.2) is 18.3 Å². The van der Waals surface area contributed by atoms with Crippen molar-refractivity contribution in [3.05, 3.63) is 23.9 Å². The zero-order valence-corrected chi connectivity index (χ0v) is 10.6. The molecule has 1 aliphatic heterocycles. The monoisotopic (exact) mass is 249 g/mol. The van der Waals surface area contributed by atoms with Crippen molar-refractivity contribution in [2.24, 2.45) is 0 Å². The van der Waals surface area contributed by atoms with E-state index in [-0.39, 0.29) is 5.56 Å². The normalized spacial score (nSPS) is 19.8. The van der Waals surface area contributed by atoms with E-state index in [1.54, 1.807) is 18.3 Å². The Balaban J connectivity index is 2.18. The summed E-state index contributed by atoms with van der Waals surface area (Å²) in [5.74, 6) is -0.323. The summed E-state index contributed by atoms with van der Waals surface area (Å²) < 4.78 is 0. The highest BCUT2D eigenvalue weighted by atomic mass is 16.4. The first-order valence-corrected chi connectivity index (χ1v) is 6.39. The molecule has 1 aromatic rings. The van der Waals surface area contributed by atoms with Crippen LogP contribution in [0.1, 0.15) is 30.1 Å². The zero-order chi connectivity index (χ0) is 13.0. The van der Waals surface area contributed by atoms with Crippen LogP contribution in [-0.2, 0) is 0 Å². The quantitative estimate of drug-likeness (QED) is 0.843. The molecule has 1 atom stereocenters. The maximum Gasteiger partial charge on any atom is 0.339 e. The van der Waals surface area contributed by atoms with Crippen LogP contribution in [0.4, 0.5) is 5.82 Å². The van der Waals surface area contributed by atoms with Crippen molar-refractivity contribution in [2.45, 2.75) is 25.8 Å². The van der Waals surface area contributed by atoms with Crippen molar-refractivity contribution in [3.8, 4) is 0 Å². The van der Waals surface area contributed by atoms with Crippen molar-refractivity contribution >= 4 is 11.8 Å². The number of carboxylic acid groups (broad SMARTS) is 1. The molecule has 0 spiro atoms. The Hall–Kier alpha value is -1.62. The molecule has 0 aromatic carbocycles. The standard InChI is InChI=1S/C13H19N3O2/c1-2-4-10-9-16(8-7-14-10)12-11(13(17)18)5-3-6-15-12/h3,5-6,10,14H,2,4,7-9H2,1H3,(H,17,18). The molecule has 2 rings (SSSR count). The summed E-state index contributed by atoms with van der Waals surface area (Å²) in [4.78, 5) is 17.5. The topological polar surface area (TPSA) is 65.5 Å². The van der Waals surface area contributed by atoms with E-state index in [0.717, 1.165) is 32.5 Å². The number of anilines is 1. The molecule has 0 aliphatic carbocycles. The van der Waals surface area contributed by atoms with E-state index in [4.69, 9.17) is 0 Å². The van der Waals surface area contributed by atoms with Gasteiger partial charge in [0.2, 0.25) is 0 Å². The fourth-order valence-electron chi connectivity index (χ4n) is 2.38. The molecule has 18 heavy (non-hydrogen) atoms. The molecule has 5 nitrogen and oxygen atoms in total. The molecule has 1 aliphatic rings. The van der Waals surface area contributed by atoms with Crippen LogP contribution < -0.4 is 10.2 Å². The van der Waals surface area contributed by atoms with Gasteiger partial charge in [-0.05, 0) is 18.6 Å². The number of carbonyl (C=O) groups is 1. The number of aromatic nitrogens is 1. The van der Waals surface area contributed by atoms with Crippen LogP contribution in [0.3, 0.4) is 0 Å². The van der Waals surface area contributed by atoms with E-state index >= 15 is 0 Å². The Morgan fingerprint density at radius 3 is 3.22 bits per heavy atom. The number of hydrogen-bond donors (Lipinski definition) is 2. The van der Waals surface area contributed by atoms with Gasteiger partial charge in [-0.3, -0.25) is 0 Å². The van der Waals surface area contributed by atoms with Crippen molar-refractivity contribution in [2.75, 3.05) is 24.5 Å². The van der Waals surface area contributed by atoms with Crippen LogP contribution >= 0.6 is 0 Å². The Bertz CT molecular complexity index is 420. The fraction of sp³-hybridized carbons (Fsp3) is 0.538. The second kappa shape index (κ2) is 5.82. The number of aromatic carboxylic acids is 1. The minimum Gasteiger partial charge on any atom is -0.478 e. The van der Waals surface area contributed by atoms with Gasteiger partial charge in [-0.15, -0.1) is 0 Å². The molecule has 0 bridgehead atoms. The summed E-state index contributed by atoms with van der Waals surface area (Å²) in [5.41, 5.74) is 0.287. The van der Waals surface area contributed by atoms with E-state index in [1.165, 1.54) is 0 Å². The fourth-order valence-corrected chi connectivity index (χ4v) is 2.38. The number of rotatable bonds is 4. The number of nitrogens with one attached hydrogen (secondary N) is 1. The Morgan fingerprint density at radius 2 is 2.50 bits per heavy atom. The summed E-state index contributed by atoms with van der Waals surface area (Å²) >= 11 is 0. The lowest BCUT2D eigenvalue weighted by Crippen LogP contribution is -2.51. The molecule has 0 radical (unpaired) electrons. The minimum absolute atomic E-state index is 0.287. The molecular formula is C13H19N3O2. The van der Waals surface area contributed by atoms with Gasteiger partial charge in [-0.2, -0.15) is 0 Å². The van der Waals surface area contributed by atoms with Gasteiger partial charge in [0.1, 0.15) is 11.4 Å². The lowest BCUT2D eigenvalue weighted by molar-refractivity contribution is 0.0697. The van der Waals surface area contributed by atoms with E-state index in [9.17, 15) is 9.90 Å². The van der Waals surface area contributed by atoms with Crippen LogP contribution in [0.25, 0.3) is 0 Å². The SMILES string of the molecule is CCCC1CN(c2ncccc2C(=O)O)CCN1. The van der Waals surface area contributed by atoms with Gasteiger partial charge in [0.05, 0.1) is 0 Å².